The van der Waals surface area contributed by atoms with Gasteiger partial charge in [0.05, 0.1) is 6.07 Å². The van der Waals surface area contributed by atoms with Gasteiger partial charge in [-0.05, 0) is 45.3 Å². The minimum absolute atomic E-state index is 0.277. The summed E-state index contributed by atoms with van der Waals surface area (Å²) < 4.78 is 0. The number of likely N-dealkylation sites (tertiary alicyclic amines) is 1. The summed E-state index contributed by atoms with van der Waals surface area (Å²) in [4.78, 5) is 2.43. The van der Waals surface area contributed by atoms with Gasteiger partial charge in [-0.2, -0.15) is 5.26 Å². The predicted molar refractivity (Wildman–Crippen MR) is 82.3 cm³/mol. The van der Waals surface area contributed by atoms with E-state index in [1.165, 1.54) is 19.3 Å². The molecule has 108 valence electrons. The standard InChI is InChI=1S/C17H25N3/c1-15(2)19-17(13-18,16-9-5-3-6-10-16)14-20-11-7-4-8-12-20/h3,5-6,9-10,15,19H,4,7-8,11-12,14H2,1-2H3. The highest BCUT2D eigenvalue weighted by molar-refractivity contribution is 5.32. The van der Waals surface area contributed by atoms with Crippen molar-refractivity contribution in [3.05, 3.63) is 35.9 Å². The number of nitrogens with one attached hydrogen (secondary N) is 1. The maximum absolute atomic E-state index is 9.87. The topological polar surface area (TPSA) is 39.1 Å². The van der Waals surface area contributed by atoms with E-state index >= 15 is 0 Å². The number of benzene rings is 1. The quantitative estimate of drug-likeness (QED) is 0.895. The molecule has 0 aliphatic carbocycles. The number of rotatable bonds is 5. The Morgan fingerprint density at radius 3 is 2.40 bits per heavy atom. The van der Waals surface area contributed by atoms with Crippen molar-refractivity contribution < 1.29 is 0 Å². The van der Waals surface area contributed by atoms with Gasteiger partial charge in [0.25, 0.3) is 0 Å². The van der Waals surface area contributed by atoms with E-state index in [2.05, 4.69) is 42.3 Å². The van der Waals surface area contributed by atoms with Gasteiger partial charge in [0.2, 0.25) is 0 Å². The zero-order valence-electron chi connectivity index (χ0n) is 12.6. The molecule has 1 fully saturated rings. The fourth-order valence-corrected chi connectivity index (χ4v) is 3.02. The van der Waals surface area contributed by atoms with E-state index in [1.54, 1.807) is 0 Å². The summed E-state index contributed by atoms with van der Waals surface area (Å²) in [6, 6.07) is 13.0. The van der Waals surface area contributed by atoms with Crippen molar-refractivity contribution >= 4 is 0 Å². The lowest BCUT2D eigenvalue weighted by molar-refractivity contribution is 0.175. The second-order valence-corrected chi connectivity index (χ2v) is 6.02. The zero-order valence-corrected chi connectivity index (χ0v) is 12.6. The van der Waals surface area contributed by atoms with Gasteiger partial charge in [0.1, 0.15) is 5.54 Å². The molecule has 0 bridgehead atoms. The van der Waals surface area contributed by atoms with Crippen LogP contribution in [-0.4, -0.2) is 30.6 Å². The summed E-state index contributed by atoms with van der Waals surface area (Å²) in [5, 5.41) is 13.4. The van der Waals surface area contributed by atoms with Crippen LogP contribution in [0, 0.1) is 11.3 Å². The SMILES string of the molecule is CC(C)NC(C#N)(CN1CCCCC1)c1ccccc1. The molecule has 0 radical (unpaired) electrons. The molecule has 0 saturated carbocycles. The largest absolute Gasteiger partial charge is 0.300 e. The first-order valence-electron chi connectivity index (χ1n) is 7.63. The third-order valence-electron chi connectivity index (χ3n) is 3.90. The second-order valence-electron chi connectivity index (χ2n) is 6.02. The van der Waals surface area contributed by atoms with Crippen LogP contribution >= 0.6 is 0 Å². The monoisotopic (exact) mass is 271 g/mol. The van der Waals surface area contributed by atoms with Gasteiger partial charge in [-0.3, -0.25) is 5.32 Å². The van der Waals surface area contributed by atoms with Crippen LogP contribution in [0.3, 0.4) is 0 Å². The maximum atomic E-state index is 9.87. The van der Waals surface area contributed by atoms with Crippen LogP contribution in [0.1, 0.15) is 38.7 Å². The van der Waals surface area contributed by atoms with Crippen LogP contribution < -0.4 is 5.32 Å². The van der Waals surface area contributed by atoms with E-state index in [4.69, 9.17) is 0 Å². The normalized spacial score (nSPS) is 19.5. The molecule has 3 heteroatoms. The van der Waals surface area contributed by atoms with Gasteiger partial charge in [0, 0.05) is 12.6 Å². The molecule has 1 atom stereocenters. The second kappa shape index (κ2) is 6.88. The van der Waals surface area contributed by atoms with Crippen LogP contribution in [0.4, 0.5) is 0 Å². The Morgan fingerprint density at radius 1 is 1.20 bits per heavy atom. The molecule has 1 heterocycles. The van der Waals surface area contributed by atoms with Crippen molar-refractivity contribution in [2.75, 3.05) is 19.6 Å². The average Bonchev–Trinajstić information content (AvgIpc) is 2.48. The molecule has 0 spiro atoms. The molecule has 0 aromatic heterocycles. The van der Waals surface area contributed by atoms with Crippen LogP contribution in [0.25, 0.3) is 0 Å². The van der Waals surface area contributed by atoms with Gasteiger partial charge in [-0.25, -0.2) is 0 Å². The number of hydrogen-bond acceptors (Lipinski definition) is 3. The van der Waals surface area contributed by atoms with Crippen molar-refractivity contribution in [2.24, 2.45) is 0 Å². The highest BCUT2D eigenvalue weighted by atomic mass is 15.2. The lowest BCUT2D eigenvalue weighted by atomic mass is 9.89. The summed E-state index contributed by atoms with van der Waals surface area (Å²) in [6.07, 6.45) is 3.81. The van der Waals surface area contributed by atoms with Gasteiger partial charge in [-0.15, -0.1) is 0 Å². The minimum atomic E-state index is -0.604. The number of hydrogen-bond donors (Lipinski definition) is 1. The fraction of sp³-hybridized carbons (Fsp3) is 0.588. The van der Waals surface area contributed by atoms with Crippen molar-refractivity contribution in [3.8, 4) is 6.07 Å². The summed E-state index contributed by atoms with van der Waals surface area (Å²) in [5.74, 6) is 0. The van der Waals surface area contributed by atoms with Crippen molar-refractivity contribution in [3.63, 3.8) is 0 Å². The van der Waals surface area contributed by atoms with E-state index in [1.807, 2.05) is 18.2 Å². The minimum Gasteiger partial charge on any atom is -0.300 e. The maximum Gasteiger partial charge on any atom is 0.145 e. The van der Waals surface area contributed by atoms with E-state index < -0.39 is 5.54 Å². The van der Waals surface area contributed by atoms with E-state index in [0.717, 1.165) is 25.2 Å². The third-order valence-corrected chi connectivity index (χ3v) is 3.90. The molecule has 1 saturated heterocycles. The first-order chi connectivity index (χ1) is 9.66. The van der Waals surface area contributed by atoms with Crippen LogP contribution in [-0.2, 0) is 5.54 Å². The number of nitriles is 1. The van der Waals surface area contributed by atoms with Crippen molar-refractivity contribution in [1.29, 1.82) is 5.26 Å². The Balaban J connectivity index is 2.25. The Kier molecular flexibility index (Phi) is 5.17. The molecule has 2 rings (SSSR count). The zero-order chi connectivity index (χ0) is 14.4. The Labute approximate surface area is 122 Å². The van der Waals surface area contributed by atoms with Gasteiger partial charge in [-0.1, -0.05) is 36.8 Å². The number of nitrogens with zero attached hydrogens (tertiary/aromatic N) is 2. The first-order valence-corrected chi connectivity index (χ1v) is 7.63. The van der Waals surface area contributed by atoms with Gasteiger partial charge >= 0.3 is 0 Å². The lowest BCUT2D eigenvalue weighted by Crippen LogP contribution is -2.53. The van der Waals surface area contributed by atoms with Crippen LogP contribution in [0.15, 0.2) is 30.3 Å². The molecular weight excluding hydrogens is 246 g/mol. The molecule has 1 aromatic carbocycles. The van der Waals surface area contributed by atoms with E-state index in [9.17, 15) is 5.26 Å². The van der Waals surface area contributed by atoms with Crippen molar-refractivity contribution in [2.45, 2.75) is 44.7 Å². The predicted octanol–water partition coefficient (Wildman–Crippen LogP) is 2.89. The van der Waals surface area contributed by atoms with Crippen LogP contribution in [0.2, 0.25) is 0 Å². The first kappa shape index (κ1) is 15.0. The summed E-state index contributed by atoms with van der Waals surface area (Å²) in [7, 11) is 0. The lowest BCUT2D eigenvalue weighted by Gasteiger charge is -2.37. The molecule has 20 heavy (non-hydrogen) atoms. The molecule has 3 nitrogen and oxygen atoms in total. The Hall–Kier alpha value is -1.37. The van der Waals surface area contributed by atoms with E-state index in [0.29, 0.717) is 0 Å². The molecule has 1 aliphatic heterocycles. The van der Waals surface area contributed by atoms with Gasteiger partial charge in [0.15, 0.2) is 0 Å². The number of piperidine rings is 1. The molecule has 1 N–H and O–H groups in total. The molecular formula is C17H25N3. The average molecular weight is 271 g/mol. The molecule has 0 amide bonds. The van der Waals surface area contributed by atoms with E-state index in [-0.39, 0.29) is 6.04 Å². The summed E-state index contributed by atoms with van der Waals surface area (Å²) in [5.41, 5.74) is 0.467. The highest BCUT2D eigenvalue weighted by Gasteiger charge is 2.35. The van der Waals surface area contributed by atoms with Gasteiger partial charge < -0.3 is 4.90 Å². The fourth-order valence-electron chi connectivity index (χ4n) is 3.02. The smallest absolute Gasteiger partial charge is 0.145 e. The molecule has 1 unspecified atom stereocenters. The molecule has 1 aromatic rings. The van der Waals surface area contributed by atoms with Crippen LogP contribution in [0.5, 0.6) is 0 Å². The highest BCUT2D eigenvalue weighted by Crippen LogP contribution is 2.24. The summed E-state index contributed by atoms with van der Waals surface area (Å²) >= 11 is 0. The Bertz CT molecular complexity index is 443. The third kappa shape index (κ3) is 3.59. The summed E-state index contributed by atoms with van der Waals surface area (Å²) in [6.45, 7) is 7.19. The molecule has 1 aliphatic rings. The van der Waals surface area contributed by atoms with Crippen molar-refractivity contribution in [1.82, 2.24) is 10.2 Å². The Morgan fingerprint density at radius 2 is 1.85 bits per heavy atom.